The van der Waals surface area contributed by atoms with Gasteiger partial charge in [-0.2, -0.15) is 5.10 Å². The quantitative estimate of drug-likeness (QED) is 0.858. The van der Waals surface area contributed by atoms with E-state index in [1.807, 2.05) is 42.1 Å². The molecule has 1 aromatic heterocycles. The lowest BCUT2D eigenvalue weighted by Gasteiger charge is -2.12. The highest BCUT2D eigenvalue weighted by molar-refractivity contribution is 5.95. The highest BCUT2D eigenvalue weighted by Gasteiger charge is 2.07. The van der Waals surface area contributed by atoms with Crippen LogP contribution in [0.1, 0.15) is 35.0 Å². The molecule has 0 bridgehead atoms. The van der Waals surface area contributed by atoms with E-state index in [0.29, 0.717) is 12.1 Å². The Morgan fingerprint density at radius 1 is 1.33 bits per heavy atom. The van der Waals surface area contributed by atoms with Crippen LogP contribution in [0, 0.1) is 6.92 Å². The molecule has 5 nitrogen and oxygen atoms in total. The predicted molar refractivity (Wildman–Crippen MR) is 84.4 cm³/mol. The molecule has 5 heteroatoms. The third-order valence-electron chi connectivity index (χ3n) is 3.43. The van der Waals surface area contributed by atoms with Gasteiger partial charge in [0, 0.05) is 31.0 Å². The molecule has 0 aliphatic heterocycles. The first-order valence-corrected chi connectivity index (χ1v) is 7.23. The van der Waals surface area contributed by atoms with Crippen LogP contribution in [0.5, 0.6) is 0 Å². The smallest absolute Gasteiger partial charge is 0.251 e. The summed E-state index contributed by atoms with van der Waals surface area (Å²) < 4.78 is 2.00. The Balaban J connectivity index is 2.12. The summed E-state index contributed by atoms with van der Waals surface area (Å²) in [6.45, 7) is 5.77. The second-order valence-corrected chi connectivity index (χ2v) is 5.01. The van der Waals surface area contributed by atoms with Gasteiger partial charge in [0.25, 0.3) is 5.91 Å². The van der Waals surface area contributed by atoms with Gasteiger partial charge in [0.1, 0.15) is 0 Å². The predicted octanol–water partition coefficient (Wildman–Crippen LogP) is 2.57. The summed E-state index contributed by atoms with van der Waals surface area (Å²) in [6.07, 6.45) is 2.88. The molecule has 0 radical (unpaired) electrons. The van der Waals surface area contributed by atoms with Crippen LogP contribution in [0.4, 0.5) is 5.69 Å². The normalized spacial score (nSPS) is 10.4. The number of nitrogens with zero attached hydrogens (tertiary/aromatic N) is 2. The summed E-state index contributed by atoms with van der Waals surface area (Å²) >= 11 is 0. The number of hydrogen-bond acceptors (Lipinski definition) is 3. The molecule has 0 fully saturated rings. The van der Waals surface area contributed by atoms with Crippen LogP contribution in [0.2, 0.25) is 0 Å². The van der Waals surface area contributed by atoms with E-state index in [1.165, 1.54) is 0 Å². The number of rotatable bonds is 6. The molecule has 1 heterocycles. The van der Waals surface area contributed by atoms with Crippen molar-refractivity contribution < 1.29 is 4.79 Å². The molecule has 2 aromatic rings. The Hall–Kier alpha value is -2.30. The van der Waals surface area contributed by atoms with Gasteiger partial charge >= 0.3 is 0 Å². The number of hydrogen-bond donors (Lipinski definition) is 2. The van der Waals surface area contributed by atoms with Gasteiger partial charge in [0.05, 0.1) is 12.2 Å². The minimum Gasteiger partial charge on any atom is -0.379 e. The highest BCUT2D eigenvalue weighted by atomic mass is 16.1. The van der Waals surface area contributed by atoms with Gasteiger partial charge in [0.2, 0.25) is 0 Å². The first-order chi connectivity index (χ1) is 10.2. The standard InChI is InChI=1S/C16H22N4O/c1-4-9-20-14(7-8-19-20)11-18-15-10-13(16(21)17-3)6-5-12(15)2/h5-8,10,18H,4,9,11H2,1-3H3,(H,17,21). The monoisotopic (exact) mass is 286 g/mol. The molecule has 0 aliphatic rings. The zero-order chi connectivity index (χ0) is 15.2. The molecule has 21 heavy (non-hydrogen) atoms. The van der Waals surface area contributed by atoms with Gasteiger partial charge in [-0.1, -0.05) is 13.0 Å². The molecule has 1 amide bonds. The second kappa shape index (κ2) is 6.92. The molecule has 0 saturated carbocycles. The van der Waals surface area contributed by atoms with Crippen molar-refractivity contribution in [3.05, 3.63) is 47.3 Å². The van der Waals surface area contributed by atoms with Crippen LogP contribution in [0.25, 0.3) is 0 Å². The number of aromatic nitrogens is 2. The van der Waals surface area contributed by atoms with Crippen LogP contribution in [-0.4, -0.2) is 22.7 Å². The zero-order valence-electron chi connectivity index (χ0n) is 12.8. The summed E-state index contributed by atoms with van der Waals surface area (Å²) in [4.78, 5) is 11.7. The van der Waals surface area contributed by atoms with Gasteiger partial charge in [-0.3, -0.25) is 9.48 Å². The lowest BCUT2D eigenvalue weighted by Crippen LogP contribution is -2.18. The van der Waals surface area contributed by atoms with Crippen molar-refractivity contribution in [1.82, 2.24) is 15.1 Å². The fraction of sp³-hybridized carbons (Fsp3) is 0.375. The molecule has 2 rings (SSSR count). The number of anilines is 1. The first-order valence-electron chi connectivity index (χ1n) is 7.23. The van der Waals surface area contributed by atoms with Crippen LogP contribution in [0.15, 0.2) is 30.5 Å². The van der Waals surface area contributed by atoms with E-state index in [0.717, 1.165) is 29.9 Å². The van der Waals surface area contributed by atoms with Crippen molar-refractivity contribution in [2.45, 2.75) is 33.4 Å². The van der Waals surface area contributed by atoms with Crippen LogP contribution in [0.3, 0.4) is 0 Å². The van der Waals surface area contributed by atoms with Crippen molar-refractivity contribution >= 4 is 11.6 Å². The molecular weight excluding hydrogens is 264 g/mol. The highest BCUT2D eigenvalue weighted by Crippen LogP contribution is 2.18. The van der Waals surface area contributed by atoms with Crippen LogP contribution < -0.4 is 10.6 Å². The van der Waals surface area contributed by atoms with Crippen LogP contribution >= 0.6 is 0 Å². The summed E-state index contributed by atoms with van der Waals surface area (Å²) in [5.41, 5.74) is 3.89. The topological polar surface area (TPSA) is 59.0 Å². The molecule has 0 spiro atoms. The van der Waals surface area contributed by atoms with Gasteiger partial charge in [-0.15, -0.1) is 0 Å². The maximum absolute atomic E-state index is 11.7. The summed E-state index contributed by atoms with van der Waals surface area (Å²) in [5.74, 6) is -0.0749. The van der Waals surface area contributed by atoms with E-state index >= 15 is 0 Å². The number of carbonyl (C=O) groups excluding carboxylic acids is 1. The molecule has 0 atom stereocenters. The van der Waals surface area contributed by atoms with E-state index in [2.05, 4.69) is 22.7 Å². The number of carbonyl (C=O) groups is 1. The van der Waals surface area contributed by atoms with E-state index in [1.54, 1.807) is 7.05 Å². The first kappa shape index (κ1) is 15.1. The number of benzene rings is 1. The zero-order valence-corrected chi connectivity index (χ0v) is 12.8. The molecule has 2 N–H and O–H groups in total. The second-order valence-electron chi connectivity index (χ2n) is 5.01. The summed E-state index contributed by atoms with van der Waals surface area (Å²) in [6, 6.07) is 7.69. The average Bonchev–Trinajstić information content (AvgIpc) is 2.93. The van der Waals surface area contributed by atoms with E-state index < -0.39 is 0 Å². The minimum atomic E-state index is -0.0749. The Morgan fingerprint density at radius 2 is 2.14 bits per heavy atom. The van der Waals surface area contributed by atoms with Gasteiger partial charge in [0.15, 0.2) is 0 Å². The van der Waals surface area contributed by atoms with Crippen molar-refractivity contribution in [1.29, 1.82) is 0 Å². The Bertz CT molecular complexity index is 618. The molecule has 112 valence electrons. The summed E-state index contributed by atoms with van der Waals surface area (Å²) in [5, 5.41) is 10.3. The fourth-order valence-electron chi connectivity index (χ4n) is 2.21. The van der Waals surface area contributed by atoms with Gasteiger partial charge in [-0.05, 0) is 37.1 Å². The lowest BCUT2D eigenvalue weighted by molar-refractivity contribution is 0.0963. The third kappa shape index (κ3) is 3.62. The largest absolute Gasteiger partial charge is 0.379 e. The SMILES string of the molecule is CCCn1nccc1CNc1cc(C(=O)NC)ccc1C. The summed E-state index contributed by atoms with van der Waals surface area (Å²) in [7, 11) is 1.64. The van der Waals surface area contributed by atoms with Crippen molar-refractivity contribution in [3.8, 4) is 0 Å². The minimum absolute atomic E-state index is 0.0749. The molecular formula is C16H22N4O. The van der Waals surface area contributed by atoms with E-state index in [-0.39, 0.29) is 5.91 Å². The molecule has 1 aromatic carbocycles. The fourth-order valence-corrected chi connectivity index (χ4v) is 2.21. The van der Waals surface area contributed by atoms with E-state index in [9.17, 15) is 4.79 Å². The number of nitrogens with one attached hydrogen (secondary N) is 2. The van der Waals surface area contributed by atoms with E-state index in [4.69, 9.17) is 0 Å². The Kier molecular flexibility index (Phi) is 4.98. The Morgan fingerprint density at radius 3 is 2.86 bits per heavy atom. The van der Waals surface area contributed by atoms with Crippen molar-refractivity contribution in [2.75, 3.05) is 12.4 Å². The number of aryl methyl sites for hydroxylation is 2. The average molecular weight is 286 g/mol. The maximum Gasteiger partial charge on any atom is 0.251 e. The Labute approximate surface area is 125 Å². The van der Waals surface area contributed by atoms with Gasteiger partial charge in [-0.25, -0.2) is 0 Å². The molecule has 0 unspecified atom stereocenters. The maximum atomic E-state index is 11.7. The van der Waals surface area contributed by atoms with Crippen molar-refractivity contribution in [2.24, 2.45) is 0 Å². The third-order valence-corrected chi connectivity index (χ3v) is 3.43. The molecule has 0 aliphatic carbocycles. The van der Waals surface area contributed by atoms with Crippen molar-refractivity contribution in [3.63, 3.8) is 0 Å². The number of amides is 1. The molecule has 0 saturated heterocycles. The van der Waals surface area contributed by atoms with Crippen LogP contribution in [-0.2, 0) is 13.1 Å². The van der Waals surface area contributed by atoms with Gasteiger partial charge < -0.3 is 10.6 Å². The lowest BCUT2D eigenvalue weighted by atomic mass is 10.1.